The van der Waals surface area contributed by atoms with Crippen molar-refractivity contribution in [2.75, 3.05) is 12.3 Å². The number of carboxylic acid groups (broad SMARTS) is 1. The predicted octanol–water partition coefficient (Wildman–Crippen LogP) is 0.908. The van der Waals surface area contributed by atoms with Crippen LogP contribution in [0.1, 0.15) is 17.5 Å². The van der Waals surface area contributed by atoms with E-state index in [1.165, 1.54) is 17.2 Å². The number of nitrogens with zero attached hydrogens (tertiary/aromatic N) is 5. The molecule has 3 aromatic heterocycles. The summed E-state index contributed by atoms with van der Waals surface area (Å²) in [6.07, 6.45) is -1.57. The summed E-state index contributed by atoms with van der Waals surface area (Å²) < 4.78 is 18.2. The molecule has 1 aliphatic heterocycles. The van der Waals surface area contributed by atoms with Gasteiger partial charge in [-0.2, -0.15) is 9.97 Å². The molecule has 0 amide bonds. The maximum atomic E-state index is 12.5. The van der Waals surface area contributed by atoms with Crippen molar-refractivity contribution in [2.24, 2.45) is 0 Å². The van der Waals surface area contributed by atoms with Crippen LogP contribution in [0.15, 0.2) is 53.7 Å². The molecule has 1 aliphatic rings. The number of imidazole rings is 1. The van der Waals surface area contributed by atoms with Crippen LogP contribution in [-0.2, 0) is 26.3 Å². The summed E-state index contributed by atoms with van der Waals surface area (Å²) in [5.41, 5.74) is 5.03. The summed E-state index contributed by atoms with van der Waals surface area (Å²) in [7, 11) is 0. The summed E-state index contributed by atoms with van der Waals surface area (Å²) in [6.45, 7) is -0.398. The van der Waals surface area contributed by atoms with Gasteiger partial charge in [-0.15, -0.1) is 0 Å². The first-order valence-electron chi connectivity index (χ1n) is 10.8. The van der Waals surface area contributed by atoms with E-state index < -0.39 is 42.7 Å². The highest BCUT2D eigenvalue weighted by Gasteiger charge is 2.49. The van der Waals surface area contributed by atoms with E-state index in [0.29, 0.717) is 5.56 Å². The third-order valence-corrected chi connectivity index (χ3v) is 6.18. The highest BCUT2D eigenvalue weighted by Crippen LogP contribution is 2.35. The number of fused-ring (bicyclic) bond motifs is 1. The van der Waals surface area contributed by atoms with Gasteiger partial charge in [-0.3, -0.25) is 4.57 Å². The molecule has 0 radical (unpaired) electrons. The van der Waals surface area contributed by atoms with Crippen LogP contribution in [0.5, 0.6) is 0 Å². The first-order chi connectivity index (χ1) is 17.3. The third kappa shape index (κ3) is 4.16. The minimum absolute atomic E-state index is 0.0332. The van der Waals surface area contributed by atoms with Crippen LogP contribution in [0.25, 0.3) is 11.2 Å². The molecule has 4 aromatic rings. The van der Waals surface area contributed by atoms with Crippen molar-refractivity contribution in [1.82, 2.24) is 24.5 Å². The van der Waals surface area contributed by atoms with Gasteiger partial charge >= 0.3 is 5.97 Å². The lowest BCUT2D eigenvalue weighted by Gasteiger charge is -2.29. The van der Waals surface area contributed by atoms with Crippen molar-refractivity contribution in [2.45, 2.75) is 36.6 Å². The number of anilines is 1. The molecule has 5 atom stereocenters. The van der Waals surface area contributed by atoms with Crippen LogP contribution >= 0.6 is 11.6 Å². The number of carboxylic acids is 1. The zero-order chi connectivity index (χ0) is 25.4. The van der Waals surface area contributed by atoms with E-state index >= 15 is 0 Å². The Bertz CT molecular complexity index is 1370. The molecule has 4 heterocycles. The number of benzene rings is 1. The van der Waals surface area contributed by atoms with Crippen LogP contribution in [-0.4, -0.2) is 70.7 Å². The largest absolute Gasteiger partial charge is 0.479 e. The standard InChI is InChI=1S/C22H21ClN6O7/c23-21-27-17(24)14-18(28-21)29(9-25-14)19-16(31)15(30)12(36-19)7-35-22(20(32)33,13-8-34-10-26-13)6-11-4-2-1-3-5-11/h1-5,8-10,12,15-16,19,30-31H,6-7H2,(H,32,33)(H2,24,27,28)/t12-,15-,16-,19-,22?/m1/s1. The summed E-state index contributed by atoms with van der Waals surface area (Å²) in [5.74, 6) is -1.27. The molecule has 5 N–H and O–H groups in total. The number of nitrogen functional groups attached to an aromatic ring is 1. The number of aromatic nitrogens is 5. The highest BCUT2D eigenvalue weighted by molar-refractivity contribution is 6.28. The summed E-state index contributed by atoms with van der Waals surface area (Å²) in [4.78, 5) is 28.6. The van der Waals surface area contributed by atoms with Crippen LogP contribution in [0, 0.1) is 0 Å². The van der Waals surface area contributed by atoms with E-state index in [1.807, 2.05) is 0 Å². The van der Waals surface area contributed by atoms with Gasteiger partial charge < -0.3 is 34.9 Å². The number of hydrogen-bond donors (Lipinski definition) is 4. The van der Waals surface area contributed by atoms with Crippen LogP contribution in [0.3, 0.4) is 0 Å². The van der Waals surface area contributed by atoms with E-state index in [-0.39, 0.29) is 34.4 Å². The first-order valence-corrected chi connectivity index (χ1v) is 11.1. The molecule has 14 heteroatoms. The van der Waals surface area contributed by atoms with Crippen molar-refractivity contribution < 1.29 is 34.0 Å². The molecule has 0 bridgehead atoms. The van der Waals surface area contributed by atoms with Gasteiger partial charge in [0, 0.05) is 6.42 Å². The van der Waals surface area contributed by atoms with E-state index in [9.17, 15) is 20.1 Å². The van der Waals surface area contributed by atoms with E-state index in [4.69, 9.17) is 31.2 Å². The van der Waals surface area contributed by atoms with Gasteiger partial charge in [-0.05, 0) is 17.2 Å². The maximum absolute atomic E-state index is 12.5. The molecule has 1 fully saturated rings. The zero-order valence-corrected chi connectivity index (χ0v) is 19.3. The fourth-order valence-corrected chi connectivity index (χ4v) is 4.35. The number of aliphatic hydroxyl groups excluding tert-OH is 2. The quantitative estimate of drug-likeness (QED) is 0.242. The summed E-state index contributed by atoms with van der Waals surface area (Å²) in [5, 5.41) is 31.5. The molecular weight excluding hydrogens is 496 g/mol. The Morgan fingerprint density at radius 3 is 2.67 bits per heavy atom. The molecule has 5 rings (SSSR count). The fourth-order valence-electron chi connectivity index (χ4n) is 4.18. The molecule has 13 nitrogen and oxygen atoms in total. The second-order valence-corrected chi connectivity index (χ2v) is 8.57. The van der Waals surface area contributed by atoms with Crippen LogP contribution in [0.2, 0.25) is 5.28 Å². The van der Waals surface area contributed by atoms with E-state index in [1.54, 1.807) is 30.3 Å². The van der Waals surface area contributed by atoms with Crippen LogP contribution in [0.4, 0.5) is 5.82 Å². The van der Waals surface area contributed by atoms with Gasteiger partial charge in [0.05, 0.1) is 12.9 Å². The molecular formula is C22H21ClN6O7. The third-order valence-electron chi connectivity index (χ3n) is 6.01. The van der Waals surface area contributed by atoms with Gasteiger partial charge in [-0.25, -0.2) is 14.8 Å². The van der Waals surface area contributed by atoms with Gasteiger partial charge in [0.2, 0.25) is 10.9 Å². The molecule has 0 saturated carbocycles. The average Bonchev–Trinajstić information content (AvgIpc) is 3.59. The Kier molecular flexibility index (Phi) is 6.32. The van der Waals surface area contributed by atoms with Gasteiger partial charge in [-0.1, -0.05) is 30.3 Å². The molecule has 188 valence electrons. The average molecular weight is 517 g/mol. The normalized spacial score (nSPS) is 23.6. The van der Waals surface area contributed by atoms with Crippen LogP contribution < -0.4 is 5.73 Å². The number of carbonyl (C=O) groups is 1. The molecule has 0 spiro atoms. The number of nitrogens with two attached hydrogens (primary N) is 1. The first kappa shape index (κ1) is 24.1. The summed E-state index contributed by atoms with van der Waals surface area (Å²) >= 11 is 5.91. The number of rotatable bonds is 8. The van der Waals surface area contributed by atoms with Crippen molar-refractivity contribution >= 4 is 34.6 Å². The number of aliphatic hydroxyl groups is 2. The van der Waals surface area contributed by atoms with E-state index in [2.05, 4.69) is 19.9 Å². The number of halogens is 1. The Balaban J connectivity index is 1.42. The number of aliphatic carboxylic acids is 1. The second-order valence-electron chi connectivity index (χ2n) is 8.23. The lowest BCUT2D eigenvalue weighted by molar-refractivity contribution is -0.177. The van der Waals surface area contributed by atoms with Crippen molar-refractivity contribution in [3.05, 3.63) is 65.9 Å². The van der Waals surface area contributed by atoms with E-state index in [0.717, 1.165) is 6.39 Å². The lowest BCUT2D eigenvalue weighted by atomic mass is 9.91. The lowest BCUT2D eigenvalue weighted by Crippen LogP contribution is -2.44. The molecule has 1 aromatic carbocycles. The Morgan fingerprint density at radius 1 is 1.19 bits per heavy atom. The molecule has 1 unspecified atom stereocenters. The van der Waals surface area contributed by atoms with Gasteiger partial charge in [0.25, 0.3) is 0 Å². The minimum Gasteiger partial charge on any atom is -0.479 e. The molecule has 1 saturated heterocycles. The van der Waals surface area contributed by atoms with Gasteiger partial charge in [0.15, 0.2) is 24.1 Å². The van der Waals surface area contributed by atoms with Crippen molar-refractivity contribution in [1.29, 1.82) is 0 Å². The number of hydrogen-bond acceptors (Lipinski definition) is 11. The molecule has 36 heavy (non-hydrogen) atoms. The van der Waals surface area contributed by atoms with Crippen molar-refractivity contribution in [3.8, 4) is 0 Å². The number of ether oxygens (including phenoxy) is 2. The smallest absolute Gasteiger partial charge is 0.342 e. The Morgan fingerprint density at radius 2 is 1.97 bits per heavy atom. The Hall–Kier alpha value is -3.62. The second kappa shape index (κ2) is 9.44. The Labute approximate surface area is 208 Å². The predicted molar refractivity (Wildman–Crippen MR) is 123 cm³/mol. The number of oxazole rings is 1. The minimum atomic E-state index is -1.95. The summed E-state index contributed by atoms with van der Waals surface area (Å²) in [6, 6.07) is 8.86. The molecule has 0 aliphatic carbocycles. The highest BCUT2D eigenvalue weighted by atomic mass is 35.5. The SMILES string of the molecule is Nc1nc(Cl)nc2c1ncn2[C@@H]1O[C@H](COC(Cc2ccccc2)(C(=O)O)c2cocn2)[C@@H](O)[C@H]1O. The monoisotopic (exact) mass is 516 g/mol. The van der Waals surface area contributed by atoms with Gasteiger partial charge in [0.1, 0.15) is 35.8 Å². The maximum Gasteiger partial charge on any atom is 0.342 e. The van der Waals surface area contributed by atoms with Crippen molar-refractivity contribution in [3.63, 3.8) is 0 Å². The zero-order valence-electron chi connectivity index (χ0n) is 18.5. The fraction of sp³-hybridized carbons (Fsp3) is 0.318. The topological polar surface area (TPSA) is 192 Å².